The van der Waals surface area contributed by atoms with E-state index in [4.69, 9.17) is 14.2 Å². The van der Waals surface area contributed by atoms with Gasteiger partial charge in [-0.2, -0.15) is 0 Å². The summed E-state index contributed by atoms with van der Waals surface area (Å²) in [5.41, 5.74) is 1.12. The first kappa shape index (κ1) is 16.7. The van der Waals surface area contributed by atoms with Gasteiger partial charge in [0.2, 0.25) is 0 Å². The predicted octanol–water partition coefficient (Wildman–Crippen LogP) is 3.74. The van der Waals surface area contributed by atoms with Gasteiger partial charge in [0.1, 0.15) is 5.75 Å². The third kappa shape index (κ3) is 4.16. The maximum absolute atomic E-state index is 12.5. The maximum Gasteiger partial charge on any atom is 0.255 e. The van der Waals surface area contributed by atoms with Crippen LogP contribution >= 0.6 is 0 Å². The molecule has 122 valence electrons. The second kappa shape index (κ2) is 8.08. The molecule has 5 nitrogen and oxygen atoms in total. The van der Waals surface area contributed by atoms with Crippen molar-refractivity contribution in [2.45, 2.75) is 13.8 Å². The molecule has 0 aliphatic heterocycles. The predicted molar refractivity (Wildman–Crippen MR) is 89.7 cm³/mol. The van der Waals surface area contributed by atoms with Crippen molar-refractivity contribution in [1.82, 2.24) is 0 Å². The van der Waals surface area contributed by atoms with Gasteiger partial charge in [-0.1, -0.05) is 12.1 Å². The first-order chi connectivity index (χ1) is 11.2. The molecule has 0 aromatic heterocycles. The number of amides is 1. The molecule has 0 atom stereocenters. The van der Waals surface area contributed by atoms with Crippen molar-refractivity contribution in [3.8, 4) is 17.2 Å². The minimum absolute atomic E-state index is 0.235. The Balaban J connectivity index is 2.22. The lowest BCUT2D eigenvalue weighted by molar-refractivity contribution is 0.102. The van der Waals surface area contributed by atoms with E-state index >= 15 is 0 Å². The summed E-state index contributed by atoms with van der Waals surface area (Å²) in [4.78, 5) is 12.5. The van der Waals surface area contributed by atoms with Crippen molar-refractivity contribution >= 4 is 11.6 Å². The highest BCUT2D eigenvalue weighted by Gasteiger charge is 2.13. The van der Waals surface area contributed by atoms with Gasteiger partial charge < -0.3 is 19.5 Å². The van der Waals surface area contributed by atoms with Crippen molar-refractivity contribution in [2.75, 3.05) is 25.6 Å². The van der Waals surface area contributed by atoms with E-state index in [0.717, 1.165) is 0 Å². The molecular weight excluding hydrogens is 294 g/mol. The van der Waals surface area contributed by atoms with E-state index in [1.54, 1.807) is 31.4 Å². The standard InChI is InChI=1S/C18H21NO4/c1-4-22-15-9-7-6-8-14(15)19-18(20)13-10-11-16(21-3)17(12-13)23-5-2/h6-12H,4-5H2,1-3H3,(H,19,20). The zero-order chi connectivity index (χ0) is 16.7. The Morgan fingerprint density at radius 3 is 2.35 bits per heavy atom. The number of carbonyl (C=O) groups is 1. The van der Waals surface area contributed by atoms with Gasteiger partial charge in [-0.15, -0.1) is 0 Å². The van der Waals surface area contributed by atoms with Crippen LogP contribution in [0.15, 0.2) is 42.5 Å². The number of hydrogen-bond acceptors (Lipinski definition) is 4. The largest absolute Gasteiger partial charge is 0.493 e. The van der Waals surface area contributed by atoms with Gasteiger partial charge in [0.05, 0.1) is 26.0 Å². The molecule has 0 aliphatic rings. The number of methoxy groups -OCH3 is 1. The summed E-state index contributed by atoms with van der Waals surface area (Å²) in [6.07, 6.45) is 0. The molecule has 0 aliphatic carbocycles. The third-order valence-corrected chi connectivity index (χ3v) is 3.16. The Morgan fingerprint density at radius 2 is 1.65 bits per heavy atom. The molecule has 5 heteroatoms. The molecule has 0 unspecified atom stereocenters. The molecule has 2 rings (SSSR count). The topological polar surface area (TPSA) is 56.8 Å². The smallest absolute Gasteiger partial charge is 0.255 e. The number of rotatable bonds is 7. The van der Waals surface area contributed by atoms with E-state index < -0.39 is 0 Å². The van der Waals surface area contributed by atoms with E-state index in [2.05, 4.69) is 5.32 Å². The van der Waals surface area contributed by atoms with E-state index in [1.165, 1.54) is 0 Å². The fourth-order valence-corrected chi connectivity index (χ4v) is 2.13. The fraction of sp³-hybridized carbons (Fsp3) is 0.278. The Kier molecular flexibility index (Phi) is 5.86. The van der Waals surface area contributed by atoms with Crippen LogP contribution in [-0.2, 0) is 0 Å². The molecule has 1 N–H and O–H groups in total. The van der Waals surface area contributed by atoms with Crippen molar-refractivity contribution < 1.29 is 19.0 Å². The van der Waals surface area contributed by atoms with Crippen LogP contribution in [0.2, 0.25) is 0 Å². The van der Waals surface area contributed by atoms with Crippen LogP contribution in [0.5, 0.6) is 17.2 Å². The molecule has 1 amide bonds. The summed E-state index contributed by atoms with van der Waals surface area (Å²) >= 11 is 0. The monoisotopic (exact) mass is 315 g/mol. The van der Waals surface area contributed by atoms with Crippen LogP contribution in [0.4, 0.5) is 5.69 Å². The molecule has 0 saturated heterocycles. The molecule has 2 aromatic carbocycles. The summed E-state index contributed by atoms with van der Waals surface area (Å²) in [6, 6.07) is 12.4. The highest BCUT2D eigenvalue weighted by Crippen LogP contribution is 2.29. The first-order valence-electron chi connectivity index (χ1n) is 7.53. The summed E-state index contributed by atoms with van der Waals surface area (Å²) in [5.74, 6) is 1.54. The molecule has 2 aromatic rings. The second-order valence-corrected chi connectivity index (χ2v) is 4.68. The average molecular weight is 315 g/mol. The Labute approximate surface area is 136 Å². The van der Waals surface area contributed by atoms with Crippen LogP contribution in [0.3, 0.4) is 0 Å². The fourth-order valence-electron chi connectivity index (χ4n) is 2.13. The van der Waals surface area contributed by atoms with Gasteiger partial charge in [-0.05, 0) is 44.2 Å². The SMILES string of the molecule is CCOc1ccccc1NC(=O)c1ccc(OC)c(OCC)c1. The number of nitrogens with one attached hydrogen (secondary N) is 1. The number of anilines is 1. The van der Waals surface area contributed by atoms with Crippen molar-refractivity contribution in [1.29, 1.82) is 0 Å². The lowest BCUT2D eigenvalue weighted by Gasteiger charge is -2.13. The normalized spacial score (nSPS) is 10.0. The van der Waals surface area contributed by atoms with Gasteiger partial charge >= 0.3 is 0 Å². The molecule has 0 bridgehead atoms. The number of hydrogen-bond donors (Lipinski definition) is 1. The van der Waals surface area contributed by atoms with E-state index in [0.29, 0.717) is 41.7 Å². The summed E-state index contributed by atoms with van der Waals surface area (Å²) in [5, 5.41) is 2.86. The average Bonchev–Trinajstić information content (AvgIpc) is 2.57. The second-order valence-electron chi connectivity index (χ2n) is 4.68. The molecule has 23 heavy (non-hydrogen) atoms. The molecule has 0 radical (unpaired) electrons. The van der Waals surface area contributed by atoms with Crippen LogP contribution in [-0.4, -0.2) is 26.2 Å². The molecule has 0 spiro atoms. The Hall–Kier alpha value is -2.69. The highest BCUT2D eigenvalue weighted by atomic mass is 16.5. The molecular formula is C18H21NO4. The Morgan fingerprint density at radius 1 is 0.957 bits per heavy atom. The molecule has 0 heterocycles. The number of ether oxygens (including phenoxy) is 3. The van der Waals surface area contributed by atoms with Crippen LogP contribution in [0.1, 0.15) is 24.2 Å². The van der Waals surface area contributed by atoms with Crippen molar-refractivity contribution in [3.05, 3.63) is 48.0 Å². The molecule has 0 fully saturated rings. The Bertz CT molecular complexity index is 670. The third-order valence-electron chi connectivity index (χ3n) is 3.16. The van der Waals surface area contributed by atoms with Crippen molar-refractivity contribution in [3.63, 3.8) is 0 Å². The zero-order valence-electron chi connectivity index (χ0n) is 13.6. The van der Waals surface area contributed by atoms with Gasteiger partial charge in [0.15, 0.2) is 11.5 Å². The van der Waals surface area contributed by atoms with E-state index in [9.17, 15) is 4.79 Å². The van der Waals surface area contributed by atoms with E-state index in [1.807, 2.05) is 32.0 Å². The summed E-state index contributed by atoms with van der Waals surface area (Å²) in [6.45, 7) is 4.81. The zero-order valence-corrected chi connectivity index (χ0v) is 13.6. The van der Waals surface area contributed by atoms with Gasteiger partial charge in [0.25, 0.3) is 5.91 Å². The highest BCUT2D eigenvalue weighted by molar-refractivity contribution is 6.05. The minimum atomic E-state index is -0.235. The lowest BCUT2D eigenvalue weighted by Crippen LogP contribution is -2.13. The lowest BCUT2D eigenvalue weighted by atomic mass is 10.1. The van der Waals surface area contributed by atoms with Crippen LogP contribution in [0.25, 0.3) is 0 Å². The molecule has 0 saturated carbocycles. The minimum Gasteiger partial charge on any atom is -0.493 e. The number of para-hydroxylation sites is 2. The maximum atomic E-state index is 12.5. The van der Waals surface area contributed by atoms with Crippen LogP contribution < -0.4 is 19.5 Å². The summed E-state index contributed by atoms with van der Waals surface area (Å²) < 4.78 is 16.2. The number of benzene rings is 2. The quantitative estimate of drug-likeness (QED) is 0.845. The van der Waals surface area contributed by atoms with Crippen LogP contribution in [0, 0.1) is 0 Å². The van der Waals surface area contributed by atoms with Gasteiger partial charge in [0, 0.05) is 5.56 Å². The van der Waals surface area contributed by atoms with Crippen molar-refractivity contribution in [2.24, 2.45) is 0 Å². The van der Waals surface area contributed by atoms with E-state index in [-0.39, 0.29) is 5.91 Å². The number of carbonyl (C=O) groups excluding carboxylic acids is 1. The van der Waals surface area contributed by atoms with Gasteiger partial charge in [-0.25, -0.2) is 0 Å². The van der Waals surface area contributed by atoms with Gasteiger partial charge in [-0.3, -0.25) is 4.79 Å². The first-order valence-corrected chi connectivity index (χ1v) is 7.53. The summed E-state index contributed by atoms with van der Waals surface area (Å²) in [7, 11) is 1.57.